The summed E-state index contributed by atoms with van der Waals surface area (Å²) >= 11 is 6.06. The Balaban J connectivity index is 1.72. The van der Waals surface area contributed by atoms with E-state index in [0.29, 0.717) is 30.0 Å². The molecule has 6 heteroatoms. The second-order valence-electron chi connectivity index (χ2n) is 6.35. The fraction of sp³-hybridized carbons (Fsp3) is 0.300. The number of hydrogen-bond donors (Lipinski definition) is 0. The Labute approximate surface area is 156 Å². The first kappa shape index (κ1) is 17.1. The zero-order valence-electron chi connectivity index (χ0n) is 14.4. The average molecular weight is 371 g/mol. The Bertz CT molecular complexity index is 869. The first-order chi connectivity index (χ1) is 12.7. The van der Waals surface area contributed by atoms with Gasteiger partial charge in [0, 0.05) is 23.8 Å². The van der Waals surface area contributed by atoms with Gasteiger partial charge in [0.1, 0.15) is 5.75 Å². The number of rotatable bonds is 4. The highest BCUT2D eigenvalue weighted by atomic mass is 35.5. The minimum atomic E-state index is -0.347. The van der Waals surface area contributed by atoms with E-state index in [4.69, 9.17) is 30.6 Å². The van der Waals surface area contributed by atoms with Crippen LogP contribution in [0.1, 0.15) is 24.3 Å². The van der Waals surface area contributed by atoms with Crippen molar-refractivity contribution in [1.29, 1.82) is 0 Å². The van der Waals surface area contributed by atoms with Crippen molar-refractivity contribution in [2.24, 2.45) is 0 Å². The van der Waals surface area contributed by atoms with Gasteiger partial charge in [-0.25, -0.2) is 0 Å². The Hall–Kier alpha value is -2.37. The van der Waals surface area contributed by atoms with Crippen LogP contribution in [0.4, 0.5) is 0 Å². The van der Waals surface area contributed by atoms with E-state index in [0.717, 1.165) is 29.7 Å². The lowest BCUT2D eigenvalue weighted by atomic mass is 9.74. The zero-order valence-corrected chi connectivity index (χ0v) is 15.2. The number of aromatic nitrogens is 2. The minimum absolute atomic E-state index is 0.347. The summed E-state index contributed by atoms with van der Waals surface area (Å²) in [6.45, 7) is 1.31. The maximum absolute atomic E-state index is 6.06. The largest absolute Gasteiger partial charge is 0.497 e. The molecule has 1 aromatic heterocycles. The van der Waals surface area contributed by atoms with Gasteiger partial charge in [-0.2, -0.15) is 4.98 Å². The van der Waals surface area contributed by atoms with E-state index >= 15 is 0 Å². The van der Waals surface area contributed by atoms with Gasteiger partial charge in [0.05, 0.1) is 12.5 Å². The number of benzene rings is 2. The van der Waals surface area contributed by atoms with Crippen molar-refractivity contribution in [3.05, 3.63) is 65.0 Å². The fourth-order valence-corrected chi connectivity index (χ4v) is 3.52. The van der Waals surface area contributed by atoms with E-state index in [-0.39, 0.29) is 5.41 Å². The number of hydrogen-bond acceptors (Lipinski definition) is 5. The molecule has 0 amide bonds. The third-order valence-electron chi connectivity index (χ3n) is 4.93. The Kier molecular flexibility index (Phi) is 4.66. The molecule has 1 fully saturated rings. The van der Waals surface area contributed by atoms with Crippen molar-refractivity contribution in [3.63, 3.8) is 0 Å². The molecular weight excluding hydrogens is 352 g/mol. The third kappa shape index (κ3) is 3.08. The molecule has 4 rings (SSSR count). The van der Waals surface area contributed by atoms with Gasteiger partial charge in [-0.15, -0.1) is 0 Å². The number of ether oxygens (including phenoxy) is 2. The van der Waals surface area contributed by atoms with Crippen molar-refractivity contribution in [1.82, 2.24) is 10.1 Å². The lowest BCUT2D eigenvalue weighted by Gasteiger charge is -2.34. The van der Waals surface area contributed by atoms with E-state index in [1.54, 1.807) is 7.11 Å². The molecule has 3 aromatic rings. The standard InChI is InChI=1S/C20H19ClN2O3/c1-24-17-8-2-14(3-9-17)18-22-19(26-23-18)20(10-12-25-13-11-20)15-4-6-16(21)7-5-15/h2-9H,10-13H2,1H3. The summed E-state index contributed by atoms with van der Waals surface area (Å²) in [5.41, 5.74) is 1.66. The second kappa shape index (κ2) is 7.09. The lowest BCUT2D eigenvalue weighted by molar-refractivity contribution is 0.0523. The molecule has 1 saturated heterocycles. The number of methoxy groups -OCH3 is 1. The van der Waals surface area contributed by atoms with Crippen LogP contribution in [-0.2, 0) is 10.2 Å². The van der Waals surface area contributed by atoms with Crippen LogP contribution >= 0.6 is 11.6 Å². The third-order valence-corrected chi connectivity index (χ3v) is 5.18. The smallest absolute Gasteiger partial charge is 0.237 e. The molecule has 5 nitrogen and oxygen atoms in total. The average Bonchev–Trinajstić information content (AvgIpc) is 3.20. The van der Waals surface area contributed by atoms with E-state index < -0.39 is 0 Å². The highest BCUT2D eigenvalue weighted by molar-refractivity contribution is 6.30. The topological polar surface area (TPSA) is 57.4 Å². The predicted octanol–water partition coefficient (Wildman–Crippen LogP) is 4.50. The van der Waals surface area contributed by atoms with Gasteiger partial charge in [0.2, 0.25) is 11.7 Å². The van der Waals surface area contributed by atoms with Crippen LogP contribution in [0, 0.1) is 0 Å². The first-order valence-corrected chi connectivity index (χ1v) is 8.91. The normalized spacial score (nSPS) is 16.4. The molecule has 0 N–H and O–H groups in total. The van der Waals surface area contributed by atoms with Gasteiger partial charge in [0.25, 0.3) is 0 Å². The van der Waals surface area contributed by atoms with Crippen molar-refractivity contribution < 1.29 is 14.0 Å². The molecule has 134 valence electrons. The molecule has 0 radical (unpaired) electrons. The van der Waals surface area contributed by atoms with Gasteiger partial charge >= 0.3 is 0 Å². The van der Waals surface area contributed by atoms with Crippen LogP contribution in [0.3, 0.4) is 0 Å². The van der Waals surface area contributed by atoms with E-state index in [9.17, 15) is 0 Å². The number of halogens is 1. The van der Waals surface area contributed by atoms with Crippen LogP contribution in [0.2, 0.25) is 5.02 Å². The fourth-order valence-electron chi connectivity index (χ4n) is 3.39. The van der Waals surface area contributed by atoms with Gasteiger partial charge in [0.15, 0.2) is 0 Å². The molecule has 0 saturated carbocycles. The second-order valence-corrected chi connectivity index (χ2v) is 6.79. The van der Waals surface area contributed by atoms with Crippen LogP contribution in [-0.4, -0.2) is 30.5 Å². The summed E-state index contributed by atoms with van der Waals surface area (Å²) in [7, 11) is 1.64. The van der Waals surface area contributed by atoms with Crippen LogP contribution in [0.25, 0.3) is 11.4 Å². The molecule has 0 bridgehead atoms. The zero-order chi connectivity index (χ0) is 18.0. The first-order valence-electron chi connectivity index (χ1n) is 8.54. The van der Waals surface area contributed by atoms with Gasteiger partial charge in [-0.3, -0.25) is 0 Å². The number of nitrogens with zero attached hydrogens (tertiary/aromatic N) is 2. The monoisotopic (exact) mass is 370 g/mol. The summed E-state index contributed by atoms with van der Waals surface area (Å²) < 4.78 is 16.5. The molecule has 1 aliphatic rings. The minimum Gasteiger partial charge on any atom is -0.497 e. The molecule has 0 spiro atoms. The van der Waals surface area contributed by atoms with Gasteiger partial charge in [-0.1, -0.05) is 28.9 Å². The highest BCUT2D eigenvalue weighted by Crippen LogP contribution is 2.41. The van der Waals surface area contributed by atoms with Gasteiger partial charge in [-0.05, 0) is 54.8 Å². The van der Waals surface area contributed by atoms with Crippen LogP contribution in [0.5, 0.6) is 5.75 Å². The molecule has 0 unspecified atom stereocenters. The quantitative estimate of drug-likeness (QED) is 0.677. The SMILES string of the molecule is COc1ccc(-c2noc(C3(c4ccc(Cl)cc4)CCOCC3)n2)cc1. The van der Waals surface area contributed by atoms with Crippen LogP contribution in [0.15, 0.2) is 53.1 Å². The maximum Gasteiger partial charge on any atom is 0.237 e. The van der Waals surface area contributed by atoms with Gasteiger partial charge < -0.3 is 14.0 Å². The summed E-state index contributed by atoms with van der Waals surface area (Å²) in [5.74, 6) is 1.98. The van der Waals surface area contributed by atoms with Crippen LogP contribution < -0.4 is 4.74 Å². The summed E-state index contributed by atoms with van der Waals surface area (Å²) in [4.78, 5) is 4.72. The van der Waals surface area contributed by atoms with E-state index in [1.807, 2.05) is 48.5 Å². The van der Waals surface area contributed by atoms with Crippen molar-refractivity contribution >= 4 is 11.6 Å². The molecule has 0 aliphatic carbocycles. The Morgan fingerprint density at radius 3 is 2.35 bits per heavy atom. The molecule has 1 aliphatic heterocycles. The Morgan fingerprint density at radius 2 is 1.69 bits per heavy atom. The van der Waals surface area contributed by atoms with Crippen molar-refractivity contribution in [3.8, 4) is 17.1 Å². The molecule has 2 heterocycles. The van der Waals surface area contributed by atoms with E-state index in [1.165, 1.54) is 0 Å². The van der Waals surface area contributed by atoms with Crippen molar-refractivity contribution in [2.75, 3.05) is 20.3 Å². The van der Waals surface area contributed by atoms with Crippen molar-refractivity contribution in [2.45, 2.75) is 18.3 Å². The summed E-state index contributed by atoms with van der Waals surface area (Å²) in [6.07, 6.45) is 1.58. The predicted molar refractivity (Wildman–Crippen MR) is 98.6 cm³/mol. The summed E-state index contributed by atoms with van der Waals surface area (Å²) in [6, 6.07) is 15.5. The lowest BCUT2D eigenvalue weighted by Crippen LogP contribution is -2.35. The molecule has 26 heavy (non-hydrogen) atoms. The Morgan fingerprint density at radius 1 is 1.00 bits per heavy atom. The maximum atomic E-state index is 6.06. The highest BCUT2D eigenvalue weighted by Gasteiger charge is 2.41. The molecular formula is C20H19ClN2O3. The molecule has 2 aromatic carbocycles. The van der Waals surface area contributed by atoms with E-state index in [2.05, 4.69) is 5.16 Å². The summed E-state index contributed by atoms with van der Waals surface area (Å²) in [5, 5.41) is 4.92. The molecule has 0 atom stereocenters.